The number of hydrogen-bond acceptors (Lipinski definition) is 3. The summed E-state index contributed by atoms with van der Waals surface area (Å²) in [6.45, 7) is 2.03. The molecule has 24 heavy (non-hydrogen) atoms. The molecule has 0 rings (SSSR count). The minimum atomic E-state index is -0.312. The van der Waals surface area contributed by atoms with Crippen molar-refractivity contribution >= 4 is 6.29 Å². The van der Waals surface area contributed by atoms with E-state index in [9.17, 15) is 14.9 Å². The Morgan fingerprint density at radius 3 is 2.21 bits per heavy atom. The molecule has 0 aromatic rings. The fourth-order valence-electron chi connectivity index (χ4n) is 1.86. The van der Waals surface area contributed by atoms with Crippen LogP contribution in [-0.4, -0.2) is 11.2 Å². The SMILES string of the molecule is CC/C=C\C/C=C(\C/C=C\C/C=C\C/C=C\CCC[C]=O)[N+](=O)[O-]. The second kappa shape index (κ2) is 17.1. The Morgan fingerprint density at radius 1 is 0.958 bits per heavy atom. The van der Waals surface area contributed by atoms with Crippen molar-refractivity contribution in [3.63, 3.8) is 0 Å². The van der Waals surface area contributed by atoms with E-state index in [1.165, 1.54) is 0 Å². The van der Waals surface area contributed by atoms with Crippen molar-refractivity contribution in [1.29, 1.82) is 0 Å². The average molecular weight is 330 g/mol. The fourth-order valence-corrected chi connectivity index (χ4v) is 1.86. The van der Waals surface area contributed by atoms with Gasteiger partial charge in [0.15, 0.2) is 6.29 Å². The number of hydrogen-bond donors (Lipinski definition) is 0. The number of allylic oxidation sites excluding steroid dienone is 9. The Kier molecular flexibility index (Phi) is 15.5. The highest BCUT2D eigenvalue weighted by molar-refractivity contribution is 5.50. The lowest BCUT2D eigenvalue weighted by atomic mass is 10.2. The van der Waals surface area contributed by atoms with Crippen molar-refractivity contribution in [3.05, 3.63) is 70.5 Å². The van der Waals surface area contributed by atoms with Crippen LogP contribution in [0.3, 0.4) is 0 Å². The molecule has 0 bridgehead atoms. The summed E-state index contributed by atoms with van der Waals surface area (Å²) in [5.74, 6) is 0. The van der Waals surface area contributed by atoms with Crippen LogP contribution in [0.5, 0.6) is 0 Å². The normalized spacial score (nSPS) is 13.0. The van der Waals surface area contributed by atoms with Gasteiger partial charge in [-0.1, -0.05) is 55.5 Å². The predicted octanol–water partition coefficient (Wildman–Crippen LogP) is 5.62. The largest absolute Gasteiger partial charge is 0.291 e. The molecule has 0 fully saturated rings. The van der Waals surface area contributed by atoms with Crippen molar-refractivity contribution in [2.45, 2.75) is 58.3 Å². The summed E-state index contributed by atoms with van der Waals surface area (Å²) in [5, 5.41) is 10.9. The van der Waals surface area contributed by atoms with Gasteiger partial charge in [-0.2, -0.15) is 0 Å². The third kappa shape index (κ3) is 14.7. The van der Waals surface area contributed by atoms with E-state index in [1.54, 1.807) is 6.08 Å². The zero-order chi connectivity index (χ0) is 17.9. The molecular weight excluding hydrogens is 302 g/mol. The third-order valence-electron chi connectivity index (χ3n) is 3.15. The molecule has 0 aliphatic rings. The first-order valence-corrected chi connectivity index (χ1v) is 8.50. The van der Waals surface area contributed by atoms with Gasteiger partial charge in [-0.15, -0.1) is 0 Å². The molecule has 0 aromatic heterocycles. The van der Waals surface area contributed by atoms with Crippen molar-refractivity contribution in [3.8, 4) is 0 Å². The molecule has 0 spiro atoms. The van der Waals surface area contributed by atoms with Gasteiger partial charge in [-0.3, -0.25) is 14.9 Å². The Morgan fingerprint density at radius 2 is 1.58 bits per heavy atom. The third-order valence-corrected chi connectivity index (χ3v) is 3.15. The molecule has 0 saturated heterocycles. The van der Waals surface area contributed by atoms with Gasteiger partial charge in [0, 0.05) is 6.42 Å². The zero-order valence-electron chi connectivity index (χ0n) is 14.5. The van der Waals surface area contributed by atoms with Gasteiger partial charge in [-0.25, -0.2) is 0 Å². The van der Waals surface area contributed by atoms with Gasteiger partial charge in [0.25, 0.3) is 0 Å². The van der Waals surface area contributed by atoms with Crippen LogP contribution in [0.2, 0.25) is 0 Å². The van der Waals surface area contributed by atoms with Gasteiger partial charge in [0.2, 0.25) is 5.70 Å². The summed E-state index contributed by atoms with van der Waals surface area (Å²) in [4.78, 5) is 20.6. The summed E-state index contributed by atoms with van der Waals surface area (Å²) < 4.78 is 0. The maximum Gasteiger partial charge on any atom is 0.246 e. The average Bonchev–Trinajstić information content (AvgIpc) is 2.57. The molecule has 0 aliphatic heterocycles. The van der Waals surface area contributed by atoms with Gasteiger partial charge in [0.1, 0.15) is 0 Å². The Balaban J connectivity index is 3.95. The number of nitro groups is 1. The van der Waals surface area contributed by atoms with Crippen LogP contribution in [0.4, 0.5) is 0 Å². The molecule has 4 nitrogen and oxygen atoms in total. The second-order valence-corrected chi connectivity index (χ2v) is 5.19. The van der Waals surface area contributed by atoms with Crippen LogP contribution in [0.25, 0.3) is 0 Å². The number of rotatable bonds is 14. The molecule has 131 valence electrons. The number of carbonyl (C=O) groups excluding carboxylic acids is 1. The highest BCUT2D eigenvalue weighted by atomic mass is 16.6. The highest BCUT2D eigenvalue weighted by Gasteiger charge is 2.06. The van der Waals surface area contributed by atoms with Crippen LogP contribution in [0.15, 0.2) is 60.4 Å². The number of unbranched alkanes of at least 4 members (excludes halogenated alkanes) is 2. The smallest absolute Gasteiger partial charge is 0.246 e. The molecule has 0 saturated carbocycles. The van der Waals surface area contributed by atoms with E-state index in [0.717, 1.165) is 32.1 Å². The predicted molar refractivity (Wildman–Crippen MR) is 99.9 cm³/mol. The molecule has 0 aromatic carbocycles. The topological polar surface area (TPSA) is 60.2 Å². The van der Waals surface area contributed by atoms with E-state index < -0.39 is 0 Å². The second-order valence-electron chi connectivity index (χ2n) is 5.19. The maximum absolute atomic E-state index is 10.9. The van der Waals surface area contributed by atoms with Crippen LogP contribution in [0.1, 0.15) is 58.3 Å². The van der Waals surface area contributed by atoms with Crippen LogP contribution < -0.4 is 0 Å². The van der Waals surface area contributed by atoms with E-state index in [1.807, 2.05) is 43.6 Å². The standard InChI is InChI=1S/C20H28NO3/c1-2-3-4-14-17-20(21(23)24)18-15-12-10-8-6-5-7-9-11-13-16-19-22/h3-4,6-9,12,15,17H,2,5,10-11,13-14,16,18H2,1H3/b4-3-,8-6-,9-7-,15-12-,20-17+. The first-order chi connectivity index (χ1) is 11.7. The van der Waals surface area contributed by atoms with E-state index in [-0.39, 0.29) is 10.6 Å². The minimum absolute atomic E-state index is 0.242. The van der Waals surface area contributed by atoms with Crippen molar-refractivity contribution in [2.24, 2.45) is 0 Å². The molecule has 0 N–H and O–H groups in total. The summed E-state index contributed by atoms with van der Waals surface area (Å²) >= 11 is 0. The van der Waals surface area contributed by atoms with Gasteiger partial charge < -0.3 is 0 Å². The van der Waals surface area contributed by atoms with Gasteiger partial charge in [0.05, 0.1) is 11.3 Å². The van der Waals surface area contributed by atoms with E-state index >= 15 is 0 Å². The number of nitrogens with zero attached hydrogens (tertiary/aromatic N) is 1. The lowest BCUT2D eigenvalue weighted by Crippen LogP contribution is -1.97. The van der Waals surface area contributed by atoms with Gasteiger partial charge >= 0.3 is 0 Å². The van der Waals surface area contributed by atoms with Crippen LogP contribution in [-0.2, 0) is 4.79 Å². The summed E-state index contributed by atoms with van der Waals surface area (Å²) in [5.41, 5.74) is 0.242. The lowest BCUT2D eigenvalue weighted by molar-refractivity contribution is -0.427. The fraction of sp³-hybridized carbons (Fsp3) is 0.450. The van der Waals surface area contributed by atoms with Crippen molar-refractivity contribution < 1.29 is 9.72 Å². The van der Waals surface area contributed by atoms with Crippen LogP contribution >= 0.6 is 0 Å². The Hall–Kier alpha value is -2.23. The molecule has 0 heterocycles. The van der Waals surface area contributed by atoms with Crippen LogP contribution in [0, 0.1) is 10.1 Å². The lowest BCUT2D eigenvalue weighted by Gasteiger charge is -1.93. The molecule has 4 heteroatoms. The van der Waals surface area contributed by atoms with E-state index in [4.69, 9.17) is 0 Å². The molecule has 0 amide bonds. The first kappa shape index (κ1) is 21.8. The first-order valence-electron chi connectivity index (χ1n) is 8.50. The van der Waals surface area contributed by atoms with E-state index in [2.05, 4.69) is 18.2 Å². The molecular formula is C20H28NO3. The maximum atomic E-state index is 10.9. The van der Waals surface area contributed by atoms with E-state index in [0.29, 0.717) is 19.3 Å². The summed E-state index contributed by atoms with van der Waals surface area (Å²) in [7, 11) is 0. The van der Waals surface area contributed by atoms with Crippen molar-refractivity contribution in [1.82, 2.24) is 0 Å². The monoisotopic (exact) mass is 330 g/mol. The Labute approximate surface area is 145 Å². The molecule has 0 aliphatic carbocycles. The molecule has 1 radical (unpaired) electrons. The molecule has 0 unspecified atom stereocenters. The summed E-state index contributed by atoms with van der Waals surface area (Å²) in [6.07, 6.45) is 25.3. The Bertz CT molecular complexity index is 485. The quantitative estimate of drug-likeness (QED) is 0.180. The van der Waals surface area contributed by atoms with Crippen molar-refractivity contribution in [2.75, 3.05) is 0 Å². The minimum Gasteiger partial charge on any atom is -0.291 e. The summed E-state index contributed by atoms with van der Waals surface area (Å²) in [6, 6.07) is 0. The molecule has 0 atom stereocenters. The zero-order valence-corrected chi connectivity index (χ0v) is 14.5. The van der Waals surface area contributed by atoms with Gasteiger partial charge in [-0.05, 0) is 44.6 Å². The highest BCUT2D eigenvalue weighted by Crippen LogP contribution is 2.06.